The van der Waals surface area contributed by atoms with Gasteiger partial charge in [-0.3, -0.25) is 9.36 Å². The summed E-state index contributed by atoms with van der Waals surface area (Å²) < 4.78 is 68.2. The van der Waals surface area contributed by atoms with Crippen LogP contribution in [0.15, 0.2) is 30.3 Å². The first kappa shape index (κ1) is 17.4. The van der Waals surface area contributed by atoms with Crippen molar-refractivity contribution in [3.8, 4) is 5.69 Å². The highest BCUT2D eigenvalue weighted by molar-refractivity contribution is 5.99. The quantitative estimate of drug-likeness (QED) is 0.681. The molecule has 0 bridgehead atoms. The smallest absolute Gasteiger partial charge is 0.326 e. The van der Waals surface area contributed by atoms with Crippen LogP contribution in [0.1, 0.15) is 24.0 Å². The van der Waals surface area contributed by atoms with E-state index in [2.05, 4.69) is 15.3 Å². The number of fused-ring (bicyclic) bond motifs is 2. The molecule has 5 nitrogen and oxygen atoms in total. The van der Waals surface area contributed by atoms with Gasteiger partial charge >= 0.3 is 12.1 Å². The molecule has 1 amide bonds. The molecular formula is C17H11F5N4O. The number of hydrogen-bond acceptors (Lipinski definition) is 3. The summed E-state index contributed by atoms with van der Waals surface area (Å²) in [7, 11) is 0. The van der Waals surface area contributed by atoms with Gasteiger partial charge in [0, 0.05) is 18.3 Å². The van der Waals surface area contributed by atoms with Crippen molar-refractivity contribution >= 4 is 22.8 Å². The van der Waals surface area contributed by atoms with Crippen LogP contribution >= 0.6 is 0 Å². The molecular weight excluding hydrogens is 371 g/mol. The maximum atomic E-state index is 14.1. The summed E-state index contributed by atoms with van der Waals surface area (Å²) in [5, 5.41) is 2.60. The van der Waals surface area contributed by atoms with Gasteiger partial charge in [0.1, 0.15) is 11.2 Å². The second-order valence-electron chi connectivity index (χ2n) is 6.26. The van der Waals surface area contributed by atoms with Crippen LogP contribution < -0.4 is 5.32 Å². The Morgan fingerprint density at radius 1 is 1.07 bits per heavy atom. The van der Waals surface area contributed by atoms with Gasteiger partial charge in [0.05, 0.1) is 6.42 Å². The van der Waals surface area contributed by atoms with E-state index in [0.29, 0.717) is 24.2 Å². The first-order valence-corrected chi connectivity index (χ1v) is 7.82. The number of halogens is 5. The van der Waals surface area contributed by atoms with E-state index in [1.54, 1.807) is 0 Å². The molecule has 0 saturated carbocycles. The van der Waals surface area contributed by atoms with E-state index in [9.17, 15) is 26.7 Å². The van der Waals surface area contributed by atoms with E-state index in [-0.39, 0.29) is 29.2 Å². The van der Waals surface area contributed by atoms with Crippen molar-refractivity contribution in [2.45, 2.75) is 25.4 Å². The Balaban J connectivity index is 2.00. The Morgan fingerprint density at radius 3 is 2.48 bits per heavy atom. The maximum absolute atomic E-state index is 14.1. The zero-order chi connectivity index (χ0) is 19.6. The van der Waals surface area contributed by atoms with Crippen LogP contribution in [0.2, 0.25) is 0 Å². The number of carbonyl (C=O) groups excluding carboxylic acids is 1. The van der Waals surface area contributed by atoms with E-state index in [0.717, 1.165) is 10.6 Å². The SMILES string of the molecule is CC(F)(F)c1nc2ccc(C(F)(F)F)nc2n1-c1ccc2c(c1)CC(=O)N2. The van der Waals surface area contributed by atoms with E-state index in [1.807, 2.05) is 0 Å². The number of alkyl halides is 5. The molecule has 0 atom stereocenters. The topological polar surface area (TPSA) is 59.8 Å². The molecule has 0 radical (unpaired) electrons. The van der Waals surface area contributed by atoms with Crippen LogP contribution in [0.25, 0.3) is 16.9 Å². The summed E-state index contributed by atoms with van der Waals surface area (Å²) in [5.41, 5.74) is -0.400. The van der Waals surface area contributed by atoms with Crippen molar-refractivity contribution in [2.75, 3.05) is 5.32 Å². The molecule has 0 saturated heterocycles. The number of imidazole rings is 1. The molecule has 3 aromatic rings. The molecule has 0 spiro atoms. The van der Waals surface area contributed by atoms with Crippen molar-refractivity contribution in [1.82, 2.24) is 14.5 Å². The van der Waals surface area contributed by atoms with Crippen LogP contribution in [-0.4, -0.2) is 20.4 Å². The number of nitrogens with one attached hydrogen (secondary N) is 1. The molecule has 0 fully saturated rings. The van der Waals surface area contributed by atoms with Gasteiger partial charge in [0.25, 0.3) is 0 Å². The van der Waals surface area contributed by atoms with Gasteiger partial charge < -0.3 is 5.32 Å². The van der Waals surface area contributed by atoms with Crippen molar-refractivity contribution < 1.29 is 26.7 Å². The number of nitrogens with zero attached hydrogens (tertiary/aromatic N) is 3. The average Bonchev–Trinajstić information content (AvgIpc) is 3.11. The normalized spacial score (nSPS) is 14.5. The van der Waals surface area contributed by atoms with E-state index < -0.39 is 23.6 Å². The number of carbonyl (C=O) groups is 1. The Kier molecular flexibility index (Phi) is 3.53. The number of pyridine rings is 1. The number of benzene rings is 1. The summed E-state index contributed by atoms with van der Waals surface area (Å²) in [6.45, 7) is 0.605. The lowest BCUT2D eigenvalue weighted by Crippen LogP contribution is -2.16. The fourth-order valence-electron chi connectivity index (χ4n) is 3.01. The van der Waals surface area contributed by atoms with Gasteiger partial charge in [-0.15, -0.1) is 0 Å². The van der Waals surface area contributed by atoms with Crippen molar-refractivity contribution in [3.63, 3.8) is 0 Å². The molecule has 1 aromatic carbocycles. The predicted octanol–water partition coefficient (Wildman–Crippen LogP) is 4.05. The molecule has 3 heterocycles. The standard InChI is InChI=1S/C17H11F5N4O/c1-16(18,19)15-24-11-4-5-12(17(20,21)22)25-14(11)26(15)9-2-3-10-8(6-9)7-13(27)23-10/h2-6H,7H2,1H3,(H,23,27). The minimum Gasteiger partial charge on any atom is -0.326 e. The summed E-state index contributed by atoms with van der Waals surface area (Å²) in [6.07, 6.45) is -4.68. The molecule has 140 valence electrons. The van der Waals surface area contributed by atoms with E-state index in [1.165, 1.54) is 18.2 Å². The highest BCUT2D eigenvalue weighted by atomic mass is 19.4. The largest absolute Gasteiger partial charge is 0.433 e. The molecule has 4 rings (SSSR count). The number of anilines is 1. The van der Waals surface area contributed by atoms with Crippen LogP contribution in [0.3, 0.4) is 0 Å². The monoisotopic (exact) mass is 382 g/mol. The van der Waals surface area contributed by atoms with Crippen molar-refractivity contribution in [3.05, 3.63) is 47.4 Å². The first-order valence-electron chi connectivity index (χ1n) is 7.82. The molecule has 27 heavy (non-hydrogen) atoms. The summed E-state index contributed by atoms with van der Waals surface area (Å²) in [5.74, 6) is -4.41. The van der Waals surface area contributed by atoms with Crippen LogP contribution in [0.5, 0.6) is 0 Å². The van der Waals surface area contributed by atoms with Gasteiger partial charge in [0.15, 0.2) is 11.5 Å². The first-order chi connectivity index (χ1) is 12.5. The number of rotatable bonds is 2. The van der Waals surface area contributed by atoms with Gasteiger partial charge in [-0.05, 0) is 35.9 Å². The Bertz CT molecular complexity index is 1080. The summed E-state index contributed by atoms with van der Waals surface area (Å²) in [4.78, 5) is 18.8. The predicted molar refractivity (Wildman–Crippen MR) is 85.8 cm³/mol. The fraction of sp³-hybridized carbons (Fsp3) is 0.235. The van der Waals surface area contributed by atoms with Crippen LogP contribution in [0.4, 0.5) is 27.6 Å². The molecule has 2 aromatic heterocycles. The lowest BCUT2D eigenvalue weighted by molar-refractivity contribution is -0.141. The second kappa shape index (κ2) is 5.48. The maximum Gasteiger partial charge on any atom is 0.433 e. The van der Waals surface area contributed by atoms with Gasteiger partial charge in [-0.25, -0.2) is 9.97 Å². The molecule has 1 aliphatic rings. The van der Waals surface area contributed by atoms with Crippen LogP contribution in [0, 0.1) is 0 Å². The lowest BCUT2D eigenvalue weighted by Gasteiger charge is -2.14. The van der Waals surface area contributed by atoms with Crippen LogP contribution in [-0.2, 0) is 23.3 Å². The summed E-state index contributed by atoms with van der Waals surface area (Å²) in [6, 6.07) is 6.10. The zero-order valence-electron chi connectivity index (χ0n) is 13.7. The molecule has 10 heteroatoms. The molecule has 1 aliphatic heterocycles. The van der Waals surface area contributed by atoms with Gasteiger partial charge in [0.2, 0.25) is 5.91 Å². The van der Waals surface area contributed by atoms with E-state index >= 15 is 0 Å². The highest BCUT2D eigenvalue weighted by Gasteiger charge is 2.36. The second-order valence-corrected chi connectivity index (χ2v) is 6.26. The summed E-state index contributed by atoms with van der Waals surface area (Å²) >= 11 is 0. The number of hydrogen-bond donors (Lipinski definition) is 1. The van der Waals surface area contributed by atoms with Gasteiger partial charge in [-0.1, -0.05) is 0 Å². The fourth-order valence-corrected chi connectivity index (χ4v) is 3.01. The molecule has 0 unspecified atom stereocenters. The Labute approximate surface area is 148 Å². The number of amides is 1. The molecule has 0 aliphatic carbocycles. The van der Waals surface area contributed by atoms with Gasteiger partial charge in [-0.2, -0.15) is 22.0 Å². The highest BCUT2D eigenvalue weighted by Crippen LogP contribution is 2.35. The molecule has 1 N–H and O–H groups in total. The van der Waals surface area contributed by atoms with Crippen molar-refractivity contribution in [2.24, 2.45) is 0 Å². The third-order valence-electron chi connectivity index (χ3n) is 4.16. The van der Waals surface area contributed by atoms with Crippen molar-refractivity contribution in [1.29, 1.82) is 0 Å². The Hall–Kier alpha value is -3.04. The average molecular weight is 382 g/mol. The minimum absolute atomic E-state index is 0.0505. The third kappa shape index (κ3) is 2.90. The minimum atomic E-state index is -4.73. The Morgan fingerprint density at radius 2 is 1.81 bits per heavy atom. The third-order valence-corrected chi connectivity index (χ3v) is 4.16. The lowest BCUT2D eigenvalue weighted by atomic mass is 10.1. The number of aromatic nitrogens is 3. The zero-order valence-corrected chi connectivity index (χ0v) is 13.7. The van der Waals surface area contributed by atoms with E-state index in [4.69, 9.17) is 0 Å².